The maximum atomic E-state index is 13.2. The van der Waals surface area contributed by atoms with Gasteiger partial charge in [0.2, 0.25) is 0 Å². The predicted molar refractivity (Wildman–Crippen MR) is 81.1 cm³/mol. The summed E-state index contributed by atoms with van der Waals surface area (Å²) in [5.41, 5.74) is 0.622. The van der Waals surface area contributed by atoms with E-state index in [0.717, 1.165) is 0 Å². The van der Waals surface area contributed by atoms with Crippen LogP contribution < -0.4 is 4.72 Å². The van der Waals surface area contributed by atoms with Gasteiger partial charge in [0.15, 0.2) is 5.82 Å². The second-order valence-electron chi connectivity index (χ2n) is 4.75. The topological polar surface area (TPSA) is 89.8 Å². The molecule has 9 heteroatoms. The number of sulfonamides is 1. The highest BCUT2D eigenvalue weighted by Crippen LogP contribution is 2.18. The lowest BCUT2D eigenvalue weighted by molar-refractivity contribution is 0.600. The molecule has 0 atom stereocenters. The number of nitrogens with one attached hydrogen (secondary N) is 1. The maximum absolute atomic E-state index is 13.2. The third kappa shape index (κ3) is 3.19. The molecule has 3 rings (SSSR count). The van der Waals surface area contributed by atoms with Crippen LogP contribution >= 0.6 is 0 Å². The van der Waals surface area contributed by atoms with Crippen LogP contribution in [0.3, 0.4) is 0 Å². The number of hydrogen-bond donors (Lipinski definition) is 1. The van der Waals surface area contributed by atoms with Crippen molar-refractivity contribution in [1.82, 2.24) is 19.7 Å². The molecule has 7 nitrogen and oxygen atoms in total. The summed E-state index contributed by atoms with van der Waals surface area (Å²) >= 11 is 0. The number of rotatable bonds is 4. The van der Waals surface area contributed by atoms with Crippen LogP contribution in [0, 0.1) is 12.7 Å². The Bertz CT molecular complexity index is 941. The van der Waals surface area contributed by atoms with E-state index in [1.54, 1.807) is 6.92 Å². The monoisotopic (exact) mass is 333 g/mol. The number of nitrogens with zero attached hydrogens (tertiary/aromatic N) is 4. The molecule has 23 heavy (non-hydrogen) atoms. The lowest BCUT2D eigenvalue weighted by Gasteiger charge is -2.07. The van der Waals surface area contributed by atoms with Crippen molar-refractivity contribution >= 4 is 15.7 Å². The highest BCUT2D eigenvalue weighted by Gasteiger charge is 2.18. The van der Waals surface area contributed by atoms with Gasteiger partial charge in [-0.2, -0.15) is 5.10 Å². The van der Waals surface area contributed by atoms with Crippen molar-refractivity contribution in [2.24, 2.45) is 0 Å². The number of halogens is 1. The molecule has 1 aromatic carbocycles. The van der Waals surface area contributed by atoms with Gasteiger partial charge in [0.05, 0.1) is 18.6 Å². The van der Waals surface area contributed by atoms with E-state index < -0.39 is 15.8 Å². The van der Waals surface area contributed by atoms with Gasteiger partial charge in [0, 0.05) is 18.1 Å². The van der Waals surface area contributed by atoms with Crippen molar-refractivity contribution in [2.75, 3.05) is 4.72 Å². The van der Waals surface area contributed by atoms with Gasteiger partial charge < -0.3 is 0 Å². The average Bonchev–Trinajstić information content (AvgIpc) is 3.02. The molecule has 0 amide bonds. The molecule has 0 fully saturated rings. The Hall–Kier alpha value is -2.81. The van der Waals surface area contributed by atoms with E-state index in [0.29, 0.717) is 11.4 Å². The lowest BCUT2D eigenvalue weighted by Crippen LogP contribution is -2.12. The fourth-order valence-electron chi connectivity index (χ4n) is 1.90. The van der Waals surface area contributed by atoms with Crippen molar-refractivity contribution in [1.29, 1.82) is 0 Å². The van der Waals surface area contributed by atoms with E-state index >= 15 is 0 Å². The zero-order chi connectivity index (χ0) is 16.4. The minimum absolute atomic E-state index is 0.0369. The fraction of sp³-hybridized carbons (Fsp3) is 0.0714. The molecule has 0 saturated heterocycles. The van der Waals surface area contributed by atoms with Gasteiger partial charge in [-0.3, -0.25) is 9.71 Å². The summed E-state index contributed by atoms with van der Waals surface area (Å²) in [7, 11) is -3.83. The Morgan fingerprint density at radius 2 is 2.04 bits per heavy atom. The summed E-state index contributed by atoms with van der Waals surface area (Å²) in [4.78, 5) is 7.89. The zero-order valence-corrected chi connectivity index (χ0v) is 12.8. The van der Waals surface area contributed by atoms with Gasteiger partial charge in [-0.1, -0.05) is 0 Å². The van der Waals surface area contributed by atoms with Crippen LogP contribution in [0.1, 0.15) is 5.56 Å². The SMILES string of the molecule is Cc1cc(NS(=O)(=O)c2cnn(-c3cnccn3)c2)ccc1F. The quantitative estimate of drug-likeness (QED) is 0.788. The van der Waals surface area contributed by atoms with Crippen LogP contribution in [-0.2, 0) is 10.0 Å². The van der Waals surface area contributed by atoms with E-state index in [1.807, 2.05) is 0 Å². The van der Waals surface area contributed by atoms with E-state index in [-0.39, 0.29) is 10.6 Å². The summed E-state index contributed by atoms with van der Waals surface area (Å²) in [6.07, 6.45) is 6.96. The normalized spacial score (nSPS) is 11.4. The van der Waals surface area contributed by atoms with Crippen molar-refractivity contribution in [2.45, 2.75) is 11.8 Å². The Morgan fingerprint density at radius 1 is 1.22 bits per heavy atom. The number of anilines is 1. The van der Waals surface area contributed by atoms with Gasteiger partial charge in [0.25, 0.3) is 10.0 Å². The Kier molecular flexibility index (Phi) is 3.78. The largest absolute Gasteiger partial charge is 0.280 e. The van der Waals surface area contributed by atoms with Gasteiger partial charge in [-0.05, 0) is 30.7 Å². The predicted octanol–water partition coefficient (Wildman–Crippen LogP) is 1.91. The molecule has 0 bridgehead atoms. The number of aromatic nitrogens is 4. The molecular formula is C14H12FN5O2S. The van der Waals surface area contributed by atoms with E-state index in [9.17, 15) is 12.8 Å². The number of benzene rings is 1. The third-order valence-corrected chi connectivity index (χ3v) is 4.40. The first-order valence-electron chi connectivity index (χ1n) is 6.56. The van der Waals surface area contributed by atoms with E-state index in [1.165, 1.54) is 53.9 Å². The molecule has 0 aliphatic carbocycles. The second-order valence-corrected chi connectivity index (χ2v) is 6.44. The smallest absolute Gasteiger partial charge is 0.265 e. The highest BCUT2D eigenvalue weighted by molar-refractivity contribution is 7.92. The average molecular weight is 333 g/mol. The van der Waals surface area contributed by atoms with Crippen molar-refractivity contribution in [3.8, 4) is 5.82 Å². The van der Waals surface area contributed by atoms with Crippen LogP contribution in [0.4, 0.5) is 10.1 Å². The Morgan fingerprint density at radius 3 is 2.74 bits per heavy atom. The molecule has 118 valence electrons. The second kappa shape index (κ2) is 5.76. The molecule has 0 saturated carbocycles. The summed E-state index contributed by atoms with van der Waals surface area (Å²) in [6.45, 7) is 1.55. The van der Waals surface area contributed by atoms with Crippen LogP contribution in [0.5, 0.6) is 0 Å². The molecule has 2 heterocycles. The van der Waals surface area contributed by atoms with Crippen LogP contribution in [0.15, 0.2) is 54.1 Å². The van der Waals surface area contributed by atoms with E-state index in [2.05, 4.69) is 19.8 Å². The van der Waals surface area contributed by atoms with E-state index in [4.69, 9.17) is 0 Å². The van der Waals surface area contributed by atoms with Crippen molar-refractivity contribution < 1.29 is 12.8 Å². The summed E-state index contributed by atoms with van der Waals surface area (Å²) in [6, 6.07) is 3.98. The zero-order valence-electron chi connectivity index (χ0n) is 12.0. The first-order chi connectivity index (χ1) is 11.0. The van der Waals surface area contributed by atoms with Crippen molar-refractivity contribution in [3.63, 3.8) is 0 Å². The van der Waals surface area contributed by atoms with Crippen LogP contribution in [0.25, 0.3) is 5.82 Å². The first kappa shape index (κ1) is 15.1. The minimum Gasteiger partial charge on any atom is -0.280 e. The molecule has 2 aromatic heterocycles. The lowest BCUT2D eigenvalue weighted by atomic mass is 10.2. The maximum Gasteiger partial charge on any atom is 0.265 e. The van der Waals surface area contributed by atoms with Crippen LogP contribution in [-0.4, -0.2) is 28.2 Å². The van der Waals surface area contributed by atoms with Gasteiger partial charge >= 0.3 is 0 Å². The highest BCUT2D eigenvalue weighted by atomic mass is 32.2. The molecule has 0 spiro atoms. The Labute approximate surface area is 131 Å². The summed E-state index contributed by atoms with van der Waals surface area (Å²) in [5, 5.41) is 3.96. The molecule has 0 aliphatic heterocycles. The molecule has 0 aliphatic rings. The van der Waals surface area contributed by atoms with Crippen molar-refractivity contribution in [3.05, 3.63) is 60.6 Å². The summed E-state index contributed by atoms with van der Waals surface area (Å²) < 4.78 is 41.6. The number of hydrogen-bond acceptors (Lipinski definition) is 5. The molecule has 0 radical (unpaired) electrons. The minimum atomic E-state index is -3.83. The van der Waals surface area contributed by atoms with Crippen LogP contribution in [0.2, 0.25) is 0 Å². The number of aryl methyl sites for hydroxylation is 1. The van der Waals surface area contributed by atoms with Gasteiger partial charge in [-0.15, -0.1) is 0 Å². The molecule has 0 unspecified atom stereocenters. The molecule has 1 N–H and O–H groups in total. The first-order valence-corrected chi connectivity index (χ1v) is 8.04. The standard InChI is InChI=1S/C14H12FN5O2S/c1-10-6-11(2-3-13(10)15)19-23(21,22)12-7-18-20(9-12)14-8-16-4-5-17-14/h2-9,19H,1H3. The van der Waals surface area contributed by atoms with Gasteiger partial charge in [-0.25, -0.2) is 22.5 Å². The summed E-state index contributed by atoms with van der Waals surface area (Å²) in [5.74, 6) is -0.00463. The van der Waals surface area contributed by atoms with Gasteiger partial charge in [0.1, 0.15) is 10.7 Å². The third-order valence-electron chi connectivity index (χ3n) is 3.06. The molecule has 3 aromatic rings. The Balaban J connectivity index is 1.88. The fourth-order valence-corrected chi connectivity index (χ4v) is 2.88. The molecular weight excluding hydrogens is 321 g/mol.